The van der Waals surface area contributed by atoms with Crippen molar-refractivity contribution in [3.05, 3.63) is 0 Å². The van der Waals surface area contributed by atoms with Crippen molar-refractivity contribution in [3.8, 4) is 0 Å². The van der Waals surface area contributed by atoms with Crippen LogP contribution in [0.25, 0.3) is 0 Å². The molecule has 0 aromatic heterocycles. The van der Waals surface area contributed by atoms with Crippen LogP contribution >= 0.6 is 0 Å². The van der Waals surface area contributed by atoms with Gasteiger partial charge in [0.05, 0.1) is 172 Å². The van der Waals surface area contributed by atoms with Crippen LogP contribution in [0.1, 0.15) is 132 Å². The Hall–Kier alpha value is -6.72. The van der Waals surface area contributed by atoms with E-state index in [1.54, 1.807) is 27.7 Å². The molecule has 0 radical (unpaired) electrons. The third-order valence-corrected chi connectivity index (χ3v) is 19.8. The van der Waals surface area contributed by atoms with Crippen LogP contribution in [-0.2, 0) is 114 Å². The lowest BCUT2D eigenvalue weighted by Crippen LogP contribution is -2.56. The maximum Gasteiger partial charge on any atom is 0.315 e. The van der Waals surface area contributed by atoms with Crippen LogP contribution in [0.3, 0.4) is 0 Å². The molecule has 566 valence electrons. The number of carbonyl (C=O) groups is 12. The molecule has 98 heavy (non-hydrogen) atoms. The van der Waals surface area contributed by atoms with Gasteiger partial charge in [-0.15, -0.1) is 0 Å². The maximum absolute atomic E-state index is 14.3. The first-order valence-electron chi connectivity index (χ1n) is 31.4. The van der Waals surface area contributed by atoms with Crippen LogP contribution < -0.4 is 0 Å². The van der Waals surface area contributed by atoms with Gasteiger partial charge in [0.25, 0.3) is 0 Å². The Morgan fingerprint density at radius 1 is 0.388 bits per heavy atom. The molecule has 12 atom stereocenters. The van der Waals surface area contributed by atoms with Crippen molar-refractivity contribution < 1.29 is 160 Å². The van der Waals surface area contributed by atoms with Gasteiger partial charge >= 0.3 is 71.6 Å². The molecule has 33 nitrogen and oxygen atoms in total. The van der Waals surface area contributed by atoms with Crippen molar-refractivity contribution >= 4 is 71.6 Å². The van der Waals surface area contributed by atoms with Gasteiger partial charge in [-0.1, -0.05) is 27.7 Å². The van der Waals surface area contributed by atoms with E-state index in [4.69, 9.17) is 47.4 Å². The van der Waals surface area contributed by atoms with Crippen LogP contribution in [-0.4, -0.2) is 261 Å². The third-order valence-electron chi connectivity index (χ3n) is 19.8. The van der Waals surface area contributed by atoms with E-state index in [0.717, 1.165) is 64.0 Å². The molecule has 2 heterocycles. The van der Waals surface area contributed by atoms with Crippen molar-refractivity contribution in [1.29, 1.82) is 0 Å². The van der Waals surface area contributed by atoms with Crippen LogP contribution in [0.2, 0.25) is 0 Å². The summed E-state index contributed by atoms with van der Waals surface area (Å²) in [5, 5.41) is 91.2. The number of cyclic esters (lactones) is 2. The average molecular weight is 1420 g/mol. The molecular formula is C65H108O33. The highest BCUT2D eigenvalue weighted by molar-refractivity contribution is 5.88. The van der Waals surface area contributed by atoms with Gasteiger partial charge in [0.2, 0.25) is 0 Å². The van der Waals surface area contributed by atoms with E-state index in [1.165, 1.54) is 27.7 Å². The van der Waals surface area contributed by atoms with E-state index in [9.17, 15) is 103 Å². The number of hydrogen-bond acceptors (Lipinski definition) is 33. The molecule has 0 aliphatic carbocycles. The summed E-state index contributed by atoms with van der Waals surface area (Å²) in [6.07, 6.45) is -3.71. The average Bonchev–Trinajstić information content (AvgIpc) is 0.763. The Morgan fingerprint density at radius 2 is 0.765 bits per heavy atom. The number of ether oxygens (including phenoxy) is 12. The fraction of sp³-hybridized carbons (Fsp3) is 0.815. The highest BCUT2D eigenvalue weighted by Gasteiger charge is 2.62. The molecule has 0 amide bonds. The molecule has 2 aliphatic rings. The van der Waals surface area contributed by atoms with Crippen LogP contribution in [0.15, 0.2) is 0 Å². The molecule has 0 spiro atoms. The van der Waals surface area contributed by atoms with Gasteiger partial charge in [-0.2, -0.15) is 0 Å². The van der Waals surface area contributed by atoms with E-state index in [-0.39, 0.29) is 51.4 Å². The molecule has 2 aliphatic heterocycles. The molecule has 0 aromatic rings. The van der Waals surface area contributed by atoms with Crippen molar-refractivity contribution in [3.63, 3.8) is 0 Å². The van der Waals surface area contributed by atoms with Gasteiger partial charge in [0.15, 0.2) is 0 Å². The van der Waals surface area contributed by atoms with E-state index in [1.807, 2.05) is 0 Å². The fourth-order valence-corrected chi connectivity index (χ4v) is 13.3. The number of aliphatic hydroxyl groups excluding tert-OH is 9. The summed E-state index contributed by atoms with van der Waals surface area (Å²) in [4.78, 5) is 156. The van der Waals surface area contributed by atoms with E-state index < -0.39 is 242 Å². The summed E-state index contributed by atoms with van der Waals surface area (Å²) in [5.74, 6) is -10.9. The first kappa shape index (κ1) is 91.3. The molecule has 2 saturated heterocycles. The molecule has 2 rings (SSSR count). The topological polar surface area (TPSA) is 498 Å². The monoisotopic (exact) mass is 1420 g/mol. The highest BCUT2D eigenvalue weighted by Crippen LogP contribution is 2.53. The minimum absolute atomic E-state index is 0.0783. The molecule has 33 heteroatoms. The lowest BCUT2D eigenvalue weighted by Gasteiger charge is -2.46. The Bertz CT molecular complexity index is 2630. The van der Waals surface area contributed by atoms with Gasteiger partial charge in [-0.05, 0) is 105 Å². The van der Waals surface area contributed by atoms with Crippen LogP contribution in [0.5, 0.6) is 0 Å². The number of carbonyl (C=O) groups excluding carboxylic acids is 12. The molecular weight excluding hydrogens is 1310 g/mol. The summed E-state index contributed by atoms with van der Waals surface area (Å²) in [6, 6.07) is 0. The van der Waals surface area contributed by atoms with Crippen LogP contribution in [0, 0.1) is 65.0 Å². The molecule has 2 fully saturated rings. The SMILES string of the molecule is CCC(CO)(CC(CO)(CC(C)(CO)C(=O)OC)C(=O)OC)C(=O)OC.CCC(CO)(CC(CO)(CC(C)(CO)C(=O)OC)C(=O)OC)C(=O)OC.CCC1(C(=O)OC)COC(=O)C(CC)(CO)CC2(C(=O)OC)COC(=O)C(CO)(CC(C)(C(=O)OC)COC(=O)C(C)(CO)C2)C1. The zero-order valence-electron chi connectivity index (χ0n) is 59.8. The Kier molecular flexibility index (Phi) is 35.6. The smallest absolute Gasteiger partial charge is 0.315 e. The van der Waals surface area contributed by atoms with Gasteiger partial charge < -0.3 is 103 Å². The van der Waals surface area contributed by atoms with Crippen molar-refractivity contribution in [2.24, 2.45) is 65.0 Å². The van der Waals surface area contributed by atoms with Crippen molar-refractivity contribution in [2.45, 2.75) is 132 Å². The number of aliphatic hydroxyl groups is 9. The second-order valence-electron chi connectivity index (χ2n) is 26.9. The summed E-state index contributed by atoms with van der Waals surface area (Å²) in [5.41, 5.74) is -21.0. The van der Waals surface area contributed by atoms with E-state index >= 15 is 0 Å². The first-order valence-corrected chi connectivity index (χ1v) is 31.4. The molecule has 0 saturated carbocycles. The minimum Gasteiger partial charge on any atom is -0.469 e. The summed E-state index contributed by atoms with van der Waals surface area (Å²) in [6.45, 7) is 2.62. The molecule has 9 N–H and O–H groups in total. The number of methoxy groups -OCH3 is 9. The zero-order chi connectivity index (χ0) is 76.4. The summed E-state index contributed by atoms with van der Waals surface area (Å²) >= 11 is 0. The molecule has 0 aromatic carbocycles. The second kappa shape index (κ2) is 38.2. The van der Waals surface area contributed by atoms with Crippen molar-refractivity contribution in [1.82, 2.24) is 0 Å². The predicted octanol–water partition coefficient (Wildman–Crippen LogP) is -0.219. The number of rotatable bonds is 30. The third kappa shape index (κ3) is 19.6. The summed E-state index contributed by atoms with van der Waals surface area (Å²) < 4.78 is 60.7. The molecule has 2 bridgehead atoms. The summed E-state index contributed by atoms with van der Waals surface area (Å²) in [7, 11) is 9.97. The Balaban J connectivity index is 0.00000155. The number of hydrogen-bond donors (Lipinski definition) is 9. The molecule has 12 unspecified atom stereocenters. The Labute approximate surface area is 571 Å². The lowest BCUT2D eigenvalue weighted by molar-refractivity contribution is -0.196. The maximum atomic E-state index is 14.3. The fourth-order valence-electron chi connectivity index (χ4n) is 13.3. The van der Waals surface area contributed by atoms with Gasteiger partial charge in [0, 0.05) is 0 Å². The van der Waals surface area contributed by atoms with Crippen molar-refractivity contribution in [2.75, 3.05) is 143 Å². The number of fused-ring (bicyclic) bond motifs is 4. The normalized spacial score (nSPS) is 26.4. The first-order chi connectivity index (χ1) is 45.7. The lowest BCUT2D eigenvalue weighted by atomic mass is 9.62. The van der Waals surface area contributed by atoms with Gasteiger partial charge in [0.1, 0.15) is 36.1 Å². The van der Waals surface area contributed by atoms with Gasteiger partial charge in [-0.25, -0.2) is 0 Å². The minimum atomic E-state index is -2.12. The quantitative estimate of drug-likeness (QED) is 0.0332. The van der Waals surface area contributed by atoms with E-state index in [2.05, 4.69) is 9.47 Å². The Morgan fingerprint density at radius 3 is 1.07 bits per heavy atom. The zero-order valence-corrected chi connectivity index (χ0v) is 59.8. The second-order valence-corrected chi connectivity index (χ2v) is 26.9. The predicted molar refractivity (Wildman–Crippen MR) is 335 cm³/mol. The standard InChI is InChI=1S/C31H48O15.2C17H30O9/c1-8-28(15-33)12-31(23(38)43-7)10-26(3,14-32)21(36)44-17-27(4,20(35)41-5)11-30(16-34,25(40)46-19-31)13-29(9-2,22(37)42-6)18-45-24(28)39;2*1-6-16(10-19,13(22)25-4)8-17(11-20,14(23)26-5)7-15(2,9-18)12(21)24-3/h32-34H,8-19H2,1-7H3;2*18-20H,6-11H2,1-5H3. The number of esters is 12. The largest absolute Gasteiger partial charge is 0.469 e. The van der Waals surface area contributed by atoms with Gasteiger partial charge in [-0.3, -0.25) is 57.5 Å². The van der Waals surface area contributed by atoms with Crippen LogP contribution in [0.4, 0.5) is 0 Å². The van der Waals surface area contributed by atoms with E-state index in [0.29, 0.717) is 0 Å². The highest BCUT2D eigenvalue weighted by atomic mass is 16.6.